The Hall–Kier alpha value is -0.130. The summed E-state index contributed by atoms with van der Waals surface area (Å²) < 4.78 is 32.7. The molecule has 0 aromatic carbocycles. The molecule has 2 N–H and O–H groups in total. The number of ketones is 1. The van der Waals surface area contributed by atoms with Gasteiger partial charge in [-0.05, 0) is 32.1 Å². The molecule has 0 saturated heterocycles. The third kappa shape index (κ3) is 11.5. The van der Waals surface area contributed by atoms with Crippen LogP contribution in [-0.4, -0.2) is 83.9 Å². The first kappa shape index (κ1) is 29.9. The van der Waals surface area contributed by atoms with Gasteiger partial charge >= 0.3 is 29.6 Å². The second-order valence-electron chi connectivity index (χ2n) is 7.72. The molecule has 0 saturated carbocycles. The predicted octanol–water partition coefficient (Wildman–Crippen LogP) is -1.62. The zero-order chi connectivity index (χ0) is 21.8. The summed E-state index contributed by atoms with van der Waals surface area (Å²) in [7, 11) is -4.58. The Bertz CT molecular complexity index is 668. The number of hydrogen-bond donors (Lipinski definition) is 2. The van der Waals surface area contributed by atoms with E-state index in [-0.39, 0.29) is 65.4 Å². The fourth-order valence-electron chi connectivity index (χ4n) is 3.73. The van der Waals surface area contributed by atoms with Crippen LogP contribution in [0.2, 0.25) is 0 Å². The van der Waals surface area contributed by atoms with Crippen molar-refractivity contribution in [2.75, 3.05) is 38.5 Å². The van der Waals surface area contributed by atoms with Crippen LogP contribution in [0.25, 0.3) is 0 Å². The minimum atomic E-state index is -4.58. The number of allylic oxidation sites excluding steroid dienone is 2. The van der Waals surface area contributed by atoms with Gasteiger partial charge in [0.2, 0.25) is 5.78 Å². The quantitative estimate of drug-likeness (QED) is 0.0947. The van der Waals surface area contributed by atoms with Crippen LogP contribution in [0.15, 0.2) is 17.1 Å². The number of quaternary nitrogens is 1. The number of carbonyl (C=O) groups excluding carboxylic acids is 1. The predicted molar refractivity (Wildman–Crippen MR) is 112 cm³/mol. The fourth-order valence-corrected chi connectivity index (χ4v) is 4.31. The molecule has 168 valence electrons. The number of amidine groups is 1. The summed E-state index contributed by atoms with van der Waals surface area (Å²) >= 11 is 0. The van der Waals surface area contributed by atoms with E-state index in [9.17, 15) is 28.0 Å². The zero-order valence-electron chi connectivity index (χ0n) is 18.5. The molecule has 1 aliphatic rings. The van der Waals surface area contributed by atoms with Crippen LogP contribution in [0, 0.1) is 0 Å². The first-order valence-corrected chi connectivity index (χ1v) is 12.1. The molecule has 0 aromatic heterocycles. The molecular weight excluding hydrogens is 419 g/mol. The average molecular weight is 456 g/mol. The summed E-state index contributed by atoms with van der Waals surface area (Å²) in [6.07, 6.45) is 10.5. The van der Waals surface area contributed by atoms with E-state index in [2.05, 4.69) is 24.1 Å². The van der Waals surface area contributed by atoms with E-state index in [1.165, 1.54) is 19.3 Å². The van der Waals surface area contributed by atoms with Gasteiger partial charge in [0.25, 0.3) is 5.84 Å². The molecule has 0 radical (unpaired) electrons. The summed E-state index contributed by atoms with van der Waals surface area (Å²) in [6.45, 7) is 2.76. The molecule has 2 unspecified atom stereocenters. The van der Waals surface area contributed by atoms with Crippen LogP contribution in [0.4, 0.5) is 0 Å². The second-order valence-corrected chi connectivity index (χ2v) is 9.17. The van der Waals surface area contributed by atoms with Gasteiger partial charge in [-0.25, -0.2) is 13.4 Å². The Balaban J connectivity index is 0.00000841. The molecule has 10 heteroatoms. The Morgan fingerprint density at radius 2 is 1.87 bits per heavy atom. The first-order chi connectivity index (χ1) is 13.7. The molecule has 1 heterocycles. The molecule has 2 atom stereocenters. The monoisotopic (exact) mass is 455 g/mol. The van der Waals surface area contributed by atoms with Gasteiger partial charge in [-0.2, -0.15) is 0 Å². The van der Waals surface area contributed by atoms with E-state index in [4.69, 9.17) is 0 Å². The number of unbranched alkanes of at least 4 members (excludes halogenated alkanes) is 5. The van der Waals surface area contributed by atoms with Crippen LogP contribution in [0.3, 0.4) is 0 Å². The standard InChI is InChI=1S/C20H36N2O6S.Na/c1-2-3-4-5-6-7-8-9-10-11-19(25)20-21-12-13-22(20,14-15-23)16-18(24)17-29(26,27)28;/h6-7,18,23-24H,2-5,8-17H2,1H3;/q;+1/b7-6+;. The average Bonchev–Trinajstić information content (AvgIpc) is 3.01. The molecule has 1 rings (SSSR count). The van der Waals surface area contributed by atoms with Crippen molar-refractivity contribution in [3.8, 4) is 0 Å². The van der Waals surface area contributed by atoms with Crippen LogP contribution in [0.5, 0.6) is 0 Å². The number of hydrogen-bond acceptors (Lipinski definition) is 7. The van der Waals surface area contributed by atoms with E-state index in [0.717, 1.165) is 19.3 Å². The summed E-state index contributed by atoms with van der Waals surface area (Å²) in [5.74, 6) is -0.777. The van der Waals surface area contributed by atoms with E-state index in [0.29, 0.717) is 25.9 Å². The minimum absolute atomic E-state index is 0. The largest absolute Gasteiger partial charge is 1.00 e. The van der Waals surface area contributed by atoms with Crippen molar-refractivity contribution in [1.82, 2.24) is 0 Å². The van der Waals surface area contributed by atoms with Gasteiger partial charge in [-0.1, -0.05) is 31.9 Å². The van der Waals surface area contributed by atoms with Crippen molar-refractivity contribution in [2.24, 2.45) is 4.99 Å². The molecule has 0 aliphatic carbocycles. The number of Topliss-reactive ketones (excluding diaryl/α,β-unsaturated/α-hetero) is 1. The van der Waals surface area contributed by atoms with E-state index in [1.54, 1.807) is 0 Å². The van der Waals surface area contributed by atoms with Gasteiger partial charge < -0.3 is 14.8 Å². The van der Waals surface area contributed by atoms with Gasteiger partial charge in [0.1, 0.15) is 25.7 Å². The smallest absolute Gasteiger partial charge is 0.748 e. The normalized spacial score (nSPS) is 20.2. The Kier molecular flexibility index (Phi) is 15.6. The molecule has 30 heavy (non-hydrogen) atoms. The van der Waals surface area contributed by atoms with Crippen LogP contribution in [0.1, 0.15) is 58.3 Å². The maximum absolute atomic E-state index is 12.7. The van der Waals surface area contributed by atoms with Crippen molar-refractivity contribution < 1.29 is 62.0 Å². The summed E-state index contributed by atoms with van der Waals surface area (Å²) in [4.78, 5) is 17.0. The van der Waals surface area contributed by atoms with Gasteiger partial charge in [-0.15, -0.1) is 0 Å². The zero-order valence-corrected chi connectivity index (χ0v) is 21.3. The number of rotatable bonds is 16. The number of carbonyl (C=O) groups is 1. The van der Waals surface area contributed by atoms with Crippen LogP contribution < -0.4 is 29.6 Å². The molecule has 1 aliphatic heterocycles. The summed E-state index contributed by atoms with van der Waals surface area (Å²) in [5.41, 5.74) is 0. The van der Waals surface area contributed by atoms with E-state index in [1.807, 2.05) is 0 Å². The molecule has 8 nitrogen and oxygen atoms in total. The Labute approximate surface area is 203 Å². The SMILES string of the molecule is CCCCC/C=C/CCCCC(=O)C1=NCC[N+]1(CCO)CC(O)CS(=O)(=O)[O-].[Na+]. The fraction of sp³-hybridized carbons (Fsp3) is 0.800. The second kappa shape index (κ2) is 15.6. The topological polar surface area (TPSA) is 127 Å². The molecular formula is C20H36N2NaO6S+. The van der Waals surface area contributed by atoms with Gasteiger partial charge in [0.15, 0.2) is 0 Å². The summed E-state index contributed by atoms with van der Waals surface area (Å²) in [6, 6.07) is 0. The van der Waals surface area contributed by atoms with Crippen molar-refractivity contribution >= 4 is 21.7 Å². The third-order valence-corrected chi connectivity index (χ3v) is 5.93. The molecule has 0 bridgehead atoms. The molecule has 0 aromatic rings. The van der Waals surface area contributed by atoms with Gasteiger partial charge in [-0.3, -0.25) is 9.28 Å². The van der Waals surface area contributed by atoms with Crippen LogP contribution in [-0.2, 0) is 14.9 Å². The third-order valence-electron chi connectivity index (χ3n) is 5.14. The van der Waals surface area contributed by atoms with Crippen molar-refractivity contribution in [1.29, 1.82) is 0 Å². The number of nitrogens with zero attached hydrogens (tertiary/aromatic N) is 2. The summed E-state index contributed by atoms with van der Waals surface area (Å²) in [5, 5.41) is 19.5. The van der Waals surface area contributed by atoms with Crippen molar-refractivity contribution in [3.05, 3.63) is 12.2 Å². The minimum Gasteiger partial charge on any atom is -0.748 e. The van der Waals surface area contributed by atoms with Gasteiger partial charge in [0, 0.05) is 6.42 Å². The maximum atomic E-state index is 12.7. The maximum Gasteiger partial charge on any atom is 1.00 e. The molecule has 0 amide bonds. The van der Waals surface area contributed by atoms with E-state index < -0.39 is 22.0 Å². The van der Waals surface area contributed by atoms with Gasteiger partial charge in [0.05, 0.1) is 29.0 Å². The number of aliphatic hydroxyl groups excluding tert-OH is 2. The molecule has 0 spiro atoms. The van der Waals surface area contributed by atoms with Crippen LogP contribution >= 0.6 is 0 Å². The number of aliphatic hydroxyl groups is 2. The number of aliphatic imine (C=N–C) groups is 1. The van der Waals surface area contributed by atoms with Crippen molar-refractivity contribution in [3.63, 3.8) is 0 Å². The Morgan fingerprint density at radius 1 is 1.23 bits per heavy atom. The van der Waals surface area contributed by atoms with Crippen molar-refractivity contribution in [2.45, 2.75) is 64.4 Å². The first-order valence-electron chi connectivity index (χ1n) is 10.6. The Morgan fingerprint density at radius 3 is 2.43 bits per heavy atom. The van der Waals surface area contributed by atoms with E-state index >= 15 is 0 Å². The molecule has 0 fully saturated rings.